The fourth-order valence-corrected chi connectivity index (χ4v) is 2.37. The molecule has 1 aromatic heterocycles. The fourth-order valence-electron chi connectivity index (χ4n) is 2.37. The van der Waals surface area contributed by atoms with Crippen molar-refractivity contribution >= 4 is 0 Å². The van der Waals surface area contributed by atoms with Crippen LogP contribution in [0.3, 0.4) is 0 Å². The molecule has 0 aliphatic rings. The summed E-state index contributed by atoms with van der Waals surface area (Å²) in [5.41, 5.74) is 7.69. The van der Waals surface area contributed by atoms with Gasteiger partial charge in [-0.15, -0.1) is 0 Å². The van der Waals surface area contributed by atoms with Gasteiger partial charge in [0.05, 0.1) is 11.7 Å². The number of benzene rings is 1. The lowest BCUT2D eigenvalue weighted by atomic mass is 9.97. The third-order valence-electron chi connectivity index (χ3n) is 3.67. The average molecular weight is 269 g/mol. The van der Waals surface area contributed by atoms with Gasteiger partial charge in [0.15, 0.2) is 0 Å². The molecule has 1 heterocycles. The Labute approximate surface area is 121 Å². The van der Waals surface area contributed by atoms with E-state index in [1.54, 1.807) is 0 Å². The summed E-state index contributed by atoms with van der Waals surface area (Å²) in [7, 11) is 0. The molecule has 0 aliphatic carbocycles. The molecule has 0 saturated heterocycles. The molecule has 3 N–H and O–H groups in total. The molecule has 0 aliphatic heterocycles. The van der Waals surface area contributed by atoms with Crippen molar-refractivity contribution in [2.45, 2.75) is 39.2 Å². The van der Waals surface area contributed by atoms with E-state index in [0.717, 1.165) is 17.7 Å². The highest BCUT2D eigenvalue weighted by atomic mass is 15.2. The summed E-state index contributed by atoms with van der Waals surface area (Å²) < 4.78 is 0. The number of nitrogens with two attached hydrogens (primary N) is 1. The predicted molar refractivity (Wildman–Crippen MR) is 83.3 cm³/mol. The normalized spacial score (nSPS) is 12.7. The Hall–Kier alpha value is -1.71. The summed E-state index contributed by atoms with van der Waals surface area (Å²) in [4.78, 5) is 4.45. The molecule has 0 amide bonds. The van der Waals surface area contributed by atoms with Crippen molar-refractivity contribution < 1.29 is 0 Å². The van der Waals surface area contributed by atoms with Crippen LogP contribution in [0.2, 0.25) is 0 Å². The number of pyridine rings is 1. The molecular weight excluding hydrogens is 246 g/mol. The summed E-state index contributed by atoms with van der Waals surface area (Å²) in [6.07, 6.45) is 2.65. The topological polar surface area (TPSA) is 50.9 Å². The summed E-state index contributed by atoms with van der Waals surface area (Å²) in [5, 5.41) is 0. The predicted octanol–water partition coefficient (Wildman–Crippen LogP) is 3.26. The number of hydrogen-bond acceptors (Lipinski definition) is 3. The van der Waals surface area contributed by atoms with Crippen LogP contribution in [0.4, 0.5) is 0 Å². The van der Waals surface area contributed by atoms with Crippen LogP contribution in [0.5, 0.6) is 0 Å². The molecule has 3 heteroatoms. The zero-order chi connectivity index (χ0) is 14.5. The molecule has 2 rings (SSSR count). The number of rotatable bonds is 5. The minimum Gasteiger partial charge on any atom is -0.271 e. The fraction of sp³-hybridized carbons (Fsp3) is 0.353. The maximum atomic E-state index is 5.71. The second-order valence-electron chi connectivity index (χ2n) is 5.53. The number of nitrogens with one attached hydrogen (secondary N) is 1. The van der Waals surface area contributed by atoms with Gasteiger partial charge < -0.3 is 0 Å². The van der Waals surface area contributed by atoms with Gasteiger partial charge in [-0.25, -0.2) is 0 Å². The van der Waals surface area contributed by atoms with Crippen LogP contribution in [0.15, 0.2) is 42.6 Å². The Kier molecular flexibility index (Phi) is 4.88. The minimum atomic E-state index is 0.0427. The van der Waals surface area contributed by atoms with Crippen LogP contribution in [0.25, 0.3) is 0 Å². The highest BCUT2D eigenvalue weighted by Crippen LogP contribution is 2.21. The van der Waals surface area contributed by atoms with Crippen molar-refractivity contribution in [1.82, 2.24) is 10.4 Å². The molecular formula is C17H23N3. The Bertz CT molecular complexity index is 546. The van der Waals surface area contributed by atoms with E-state index in [1.165, 1.54) is 11.1 Å². The van der Waals surface area contributed by atoms with E-state index in [2.05, 4.69) is 61.5 Å². The zero-order valence-corrected chi connectivity index (χ0v) is 12.4. The van der Waals surface area contributed by atoms with Crippen molar-refractivity contribution in [2.75, 3.05) is 0 Å². The standard InChI is InChI=1S/C17H23N3/c1-12(2)15-8-6-14(7-9-15)11-16(20-18)17-13(3)5-4-10-19-17/h4-10,12,16,20H,11,18H2,1-3H3. The second kappa shape index (κ2) is 6.64. The number of aryl methyl sites for hydroxylation is 1. The smallest absolute Gasteiger partial charge is 0.0675 e. The first kappa shape index (κ1) is 14.7. The van der Waals surface area contributed by atoms with Gasteiger partial charge in [-0.1, -0.05) is 44.2 Å². The van der Waals surface area contributed by atoms with Crippen LogP contribution in [-0.4, -0.2) is 4.98 Å². The lowest BCUT2D eigenvalue weighted by molar-refractivity contribution is 0.535. The lowest BCUT2D eigenvalue weighted by Gasteiger charge is -2.17. The molecule has 0 saturated carbocycles. The molecule has 3 nitrogen and oxygen atoms in total. The highest BCUT2D eigenvalue weighted by molar-refractivity contribution is 5.28. The second-order valence-corrected chi connectivity index (χ2v) is 5.53. The minimum absolute atomic E-state index is 0.0427. The third-order valence-corrected chi connectivity index (χ3v) is 3.67. The van der Waals surface area contributed by atoms with Gasteiger partial charge in [-0.05, 0) is 42.0 Å². The number of hydrogen-bond donors (Lipinski definition) is 2. The van der Waals surface area contributed by atoms with E-state index in [0.29, 0.717) is 5.92 Å². The first-order valence-electron chi connectivity index (χ1n) is 7.08. The zero-order valence-electron chi connectivity index (χ0n) is 12.4. The molecule has 0 spiro atoms. The summed E-state index contributed by atoms with van der Waals surface area (Å²) in [6.45, 7) is 6.47. The summed E-state index contributed by atoms with van der Waals surface area (Å²) >= 11 is 0. The van der Waals surface area contributed by atoms with Gasteiger partial charge in [0.25, 0.3) is 0 Å². The third kappa shape index (κ3) is 3.44. The Morgan fingerprint density at radius 2 is 1.85 bits per heavy atom. The maximum Gasteiger partial charge on any atom is 0.0675 e. The van der Waals surface area contributed by atoms with Gasteiger partial charge in [0.2, 0.25) is 0 Å². The Morgan fingerprint density at radius 1 is 1.15 bits per heavy atom. The largest absolute Gasteiger partial charge is 0.271 e. The average Bonchev–Trinajstić information content (AvgIpc) is 2.46. The number of hydrazine groups is 1. The van der Waals surface area contributed by atoms with Crippen molar-refractivity contribution in [1.29, 1.82) is 0 Å². The van der Waals surface area contributed by atoms with E-state index in [1.807, 2.05) is 12.3 Å². The van der Waals surface area contributed by atoms with Gasteiger partial charge in [-0.2, -0.15) is 0 Å². The quantitative estimate of drug-likeness (QED) is 0.647. The van der Waals surface area contributed by atoms with E-state index in [9.17, 15) is 0 Å². The lowest BCUT2D eigenvalue weighted by Crippen LogP contribution is -2.30. The molecule has 0 radical (unpaired) electrons. The number of nitrogens with zero attached hydrogens (tertiary/aromatic N) is 1. The van der Waals surface area contributed by atoms with E-state index in [-0.39, 0.29) is 6.04 Å². The molecule has 0 fully saturated rings. The number of aromatic nitrogens is 1. The Balaban J connectivity index is 2.16. The van der Waals surface area contributed by atoms with Crippen LogP contribution in [-0.2, 0) is 6.42 Å². The maximum absolute atomic E-state index is 5.71. The Morgan fingerprint density at radius 3 is 2.40 bits per heavy atom. The molecule has 1 aromatic carbocycles. The SMILES string of the molecule is Cc1cccnc1C(Cc1ccc(C(C)C)cc1)NN. The molecule has 106 valence electrons. The van der Waals surface area contributed by atoms with Crippen molar-refractivity contribution in [3.8, 4) is 0 Å². The first-order valence-corrected chi connectivity index (χ1v) is 7.08. The molecule has 2 aromatic rings. The van der Waals surface area contributed by atoms with Crippen LogP contribution in [0, 0.1) is 6.92 Å². The van der Waals surface area contributed by atoms with Gasteiger partial charge in [0, 0.05) is 6.20 Å². The van der Waals surface area contributed by atoms with Crippen LogP contribution in [0.1, 0.15) is 48.2 Å². The van der Waals surface area contributed by atoms with E-state index < -0.39 is 0 Å². The van der Waals surface area contributed by atoms with Crippen LogP contribution < -0.4 is 11.3 Å². The van der Waals surface area contributed by atoms with Crippen LogP contribution >= 0.6 is 0 Å². The first-order chi connectivity index (χ1) is 9.61. The summed E-state index contributed by atoms with van der Waals surface area (Å²) in [5.74, 6) is 6.27. The van der Waals surface area contributed by atoms with E-state index in [4.69, 9.17) is 5.84 Å². The molecule has 1 unspecified atom stereocenters. The van der Waals surface area contributed by atoms with Gasteiger partial charge >= 0.3 is 0 Å². The molecule has 20 heavy (non-hydrogen) atoms. The van der Waals surface area contributed by atoms with Crippen molar-refractivity contribution in [3.05, 3.63) is 65.0 Å². The van der Waals surface area contributed by atoms with Gasteiger partial charge in [-0.3, -0.25) is 16.3 Å². The van der Waals surface area contributed by atoms with Crippen molar-refractivity contribution in [2.24, 2.45) is 5.84 Å². The monoisotopic (exact) mass is 269 g/mol. The summed E-state index contributed by atoms with van der Waals surface area (Å²) in [6, 6.07) is 12.8. The molecule has 0 bridgehead atoms. The van der Waals surface area contributed by atoms with Crippen molar-refractivity contribution in [3.63, 3.8) is 0 Å². The highest BCUT2D eigenvalue weighted by Gasteiger charge is 2.14. The van der Waals surface area contributed by atoms with E-state index >= 15 is 0 Å². The van der Waals surface area contributed by atoms with Gasteiger partial charge in [0.1, 0.15) is 0 Å². The molecule has 1 atom stereocenters.